The lowest BCUT2D eigenvalue weighted by Gasteiger charge is -2.28. The van der Waals surface area contributed by atoms with Crippen LogP contribution in [-0.4, -0.2) is 24.6 Å². The number of ether oxygens (including phenoxy) is 1. The molecule has 2 aliphatic rings. The summed E-state index contributed by atoms with van der Waals surface area (Å²) in [7, 11) is 0. The van der Waals surface area contributed by atoms with E-state index in [1.807, 2.05) is 24.3 Å². The van der Waals surface area contributed by atoms with E-state index in [0.717, 1.165) is 11.4 Å². The summed E-state index contributed by atoms with van der Waals surface area (Å²) >= 11 is 0. The maximum absolute atomic E-state index is 12.3. The smallest absolute Gasteiger partial charge is 0.263 e. The standard InChI is InChI=1S/C16H22N2O2/c1-11(12-6-2-3-7-12)18-16(19)15-10-17-13-8-4-5-9-14(13)20-15/h4-5,8-9,11-12,15,17H,2-3,6-7,10H2,1H3,(H,18,19). The van der Waals surface area contributed by atoms with Crippen LogP contribution in [-0.2, 0) is 4.79 Å². The van der Waals surface area contributed by atoms with Gasteiger partial charge >= 0.3 is 0 Å². The molecular weight excluding hydrogens is 252 g/mol. The minimum absolute atomic E-state index is 0.00796. The predicted molar refractivity (Wildman–Crippen MR) is 78.9 cm³/mol. The van der Waals surface area contributed by atoms with E-state index in [9.17, 15) is 4.79 Å². The Kier molecular flexibility index (Phi) is 3.81. The molecular formula is C16H22N2O2. The second-order valence-corrected chi connectivity index (χ2v) is 5.83. The summed E-state index contributed by atoms with van der Waals surface area (Å²) in [5.74, 6) is 1.38. The van der Waals surface area contributed by atoms with Crippen LogP contribution in [0.4, 0.5) is 5.69 Å². The third-order valence-electron chi connectivity index (χ3n) is 4.40. The fraction of sp³-hybridized carbons (Fsp3) is 0.562. The second kappa shape index (κ2) is 5.73. The third-order valence-corrected chi connectivity index (χ3v) is 4.40. The highest BCUT2D eigenvalue weighted by molar-refractivity contribution is 5.83. The second-order valence-electron chi connectivity index (χ2n) is 5.83. The van der Waals surface area contributed by atoms with Crippen molar-refractivity contribution in [3.63, 3.8) is 0 Å². The molecule has 20 heavy (non-hydrogen) atoms. The van der Waals surface area contributed by atoms with Crippen molar-refractivity contribution in [3.05, 3.63) is 24.3 Å². The van der Waals surface area contributed by atoms with Crippen molar-refractivity contribution in [3.8, 4) is 5.75 Å². The van der Waals surface area contributed by atoms with Gasteiger partial charge in [-0.3, -0.25) is 4.79 Å². The van der Waals surface area contributed by atoms with Gasteiger partial charge in [0.1, 0.15) is 5.75 Å². The van der Waals surface area contributed by atoms with Crippen molar-refractivity contribution in [1.29, 1.82) is 0 Å². The first kappa shape index (κ1) is 13.3. The predicted octanol–water partition coefficient (Wildman–Crippen LogP) is 2.55. The molecule has 1 aromatic carbocycles. The molecule has 0 saturated heterocycles. The minimum atomic E-state index is -0.436. The van der Waals surface area contributed by atoms with Crippen LogP contribution < -0.4 is 15.4 Å². The third kappa shape index (κ3) is 2.74. The molecule has 1 saturated carbocycles. The Morgan fingerprint density at radius 1 is 1.35 bits per heavy atom. The lowest BCUT2D eigenvalue weighted by Crippen LogP contribution is -2.48. The topological polar surface area (TPSA) is 50.4 Å². The van der Waals surface area contributed by atoms with Gasteiger partial charge in [-0.2, -0.15) is 0 Å². The van der Waals surface area contributed by atoms with E-state index < -0.39 is 6.10 Å². The van der Waals surface area contributed by atoms with Gasteiger partial charge in [0.25, 0.3) is 5.91 Å². The molecule has 1 aliphatic heterocycles. The van der Waals surface area contributed by atoms with Gasteiger partial charge in [-0.15, -0.1) is 0 Å². The number of hydrogen-bond donors (Lipinski definition) is 2. The van der Waals surface area contributed by atoms with E-state index in [4.69, 9.17) is 4.74 Å². The highest BCUT2D eigenvalue weighted by Gasteiger charge is 2.29. The van der Waals surface area contributed by atoms with Crippen molar-refractivity contribution in [2.75, 3.05) is 11.9 Å². The minimum Gasteiger partial charge on any atom is -0.477 e. The molecule has 1 amide bonds. The van der Waals surface area contributed by atoms with Crippen molar-refractivity contribution in [2.45, 2.75) is 44.8 Å². The van der Waals surface area contributed by atoms with E-state index in [-0.39, 0.29) is 11.9 Å². The zero-order chi connectivity index (χ0) is 13.9. The maximum Gasteiger partial charge on any atom is 0.263 e. The summed E-state index contributed by atoms with van der Waals surface area (Å²) in [6, 6.07) is 7.97. The number of para-hydroxylation sites is 2. The summed E-state index contributed by atoms with van der Waals surface area (Å²) in [5.41, 5.74) is 0.959. The molecule has 2 N–H and O–H groups in total. The van der Waals surface area contributed by atoms with Gasteiger partial charge in [0, 0.05) is 6.04 Å². The van der Waals surface area contributed by atoms with Gasteiger partial charge in [0.2, 0.25) is 0 Å². The maximum atomic E-state index is 12.3. The number of fused-ring (bicyclic) bond motifs is 1. The first-order valence-corrected chi connectivity index (χ1v) is 7.54. The molecule has 0 aromatic heterocycles. The number of rotatable bonds is 3. The van der Waals surface area contributed by atoms with Crippen LogP contribution in [0, 0.1) is 5.92 Å². The Morgan fingerprint density at radius 3 is 2.90 bits per heavy atom. The zero-order valence-electron chi connectivity index (χ0n) is 11.9. The zero-order valence-corrected chi connectivity index (χ0v) is 11.9. The largest absolute Gasteiger partial charge is 0.477 e. The van der Waals surface area contributed by atoms with Crippen LogP contribution in [0.15, 0.2) is 24.3 Å². The SMILES string of the molecule is CC(NC(=O)C1CNc2ccccc2O1)C1CCCC1. The fourth-order valence-electron chi connectivity index (χ4n) is 3.15. The summed E-state index contributed by atoms with van der Waals surface area (Å²) in [5, 5.41) is 6.37. The van der Waals surface area contributed by atoms with Crippen LogP contribution in [0.1, 0.15) is 32.6 Å². The molecule has 1 aliphatic carbocycles. The number of carbonyl (C=O) groups excluding carboxylic acids is 1. The van der Waals surface area contributed by atoms with Crippen LogP contribution >= 0.6 is 0 Å². The van der Waals surface area contributed by atoms with Gasteiger partial charge in [-0.1, -0.05) is 25.0 Å². The number of anilines is 1. The Labute approximate surface area is 119 Å². The molecule has 2 unspecified atom stereocenters. The quantitative estimate of drug-likeness (QED) is 0.890. The summed E-state index contributed by atoms with van der Waals surface area (Å²) < 4.78 is 5.78. The van der Waals surface area contributed by atoms with Gasteiger partial charge in [0.05, 0.1) is 12.2 Å². The Hall–Kier alpha value is -1.71. The Morgan fingerprint density at radius 2 is 2.10 bits per heavy atom. The molecule has 4 heteroatoms. The summed E-state index contributed by atoms with van der Waals surface area (Å²) in [6.45, 7) is 2.64. The van der Waals surface area contributed by atoms with Crippen LogP contribution in [0.5, 0.6) is 5.75 Å². The van der Waals surface area contributed by atoms with Gasteiger partial charge in [-0.25, -0.2) is 0 Å². The number of amides is 1. The molecule has 3 rings (SSSR count). The normalized spacial score (nSPS) is 23.4. The highest BCUT2D eigenvalue weighted by atomic mass is 16.5. The number of nitrogens with one attached hydrogen (secondary N) is 2. The molecule has 0 spiro atoms. The highest BCUT2D eigenvalue weighted by Crippen LogP contribution is 2.29. The average molecular weight is 274 g/mol. The molecule has 1 aromatic rings. The van der Waals surface area contributed by atoms with E-state index in [2.05, 4.69) is 17.6 Å². The van der Waals surface area contributed by atoms with E-state index >= 15 is 0 Å². The molecule has 0 bridgehead atoms. The summed E-state index contributed by atoms with van der Waals surface area (Å²) in [4.78, 5) is 12.3. The molecule has 1 fully saturated rings. The van der Waals surface area contributed by atoms with Crippen LogP contribution in [0.2, 0.25) is 0 Å². The number of hydrogen-bond acceptors (Lipinski definition) is 3. The van der Waals surface area contributed by atoms with Crippen molar-refractivity contribution < 1.29 is 9.53 Å². The Bertz CT molecular complexity index is 483. The van der Waals surface area contributed by atoms with Gasteiger partial charge in [-0.05, 0) is 37.8 Å². The lowest BCUT2D eigenvalue weighted by molar-refractivity contribution is -0.128. The molecule has 4 nitrogen and oxygen atoms in total. The number of benzene rings is 1. The average Bonchev–Trinajstić information content (AvgIpc) is 3.01. The van der Waals surface area contributed by atoms with Gasteiger partial charge < -0.3 is 15.4 Å². The van der Waals surface area contributed by atoms with E-state index in [1.165, 1.54) is 25.7 Å². The van der Waals surface area contributed by atoms with Gasteiger partial charge in [0.15, 0.2) is 6.10 Å². The van der Waals surface area contributed by atoms with Crippen LogP contribution in [0.3, 0.4) is 0 Å². The summed E-state index contributed by atoms with van der Waals surface area (Å²) in [6.07, 6.45) is 4.61. The lowest BCUT2D eigenvalue weighted by atomic mass is 9.99. The monoisotopic (exact) mass is 274 g/mol. The number of carbonyl (C=O) groups is 1. The first-order chi connectivity index (χ1) is 9.74. The Balaban J connectivity index is 1.58. The van der Waals surface area contributed by atoms with Crippen molar-refractivity contribution >= 4 is 11.6 Å². The van der Waals surface area contributed by atoms with E-state index in [0.29, 0.717) is 12.5 Å². The van der Waals surface area contributed by atoms with E-state index in [1.54, 1.807) is 0 Å². The molecule has 108 valence electrons. The molecule has 2 atom stereocenters. The van der Waals surface area contributed by atoms with Crippen molar-refractivity contribution in [1.82, 2.24) is 5.32 Å². The van der Waals surface area contributed by atoms with Crippen LogP contribution in [0.25, 0.3) is 0 Å². The first-order valence-electron chi connectivity index (χ1n) is 7.54. The van der Waals surface area contributed by atoms with Crippen molar-refractivity contribution in [2.24, 2.45) is 5.92 Å². The molecule has 1 heterocycles. The molecule has 0 radical (unpaired) electrons. The fourth-order valence-corrected chi connectivity index (χ4v) is 3.15.